The molecule has 0 spiro atoms. The van der Waals surface area contributed by atoms with E-state index in [1.165, 1.54) is 6.92 Å². The van der Waals surface area contributed by atoms with Gasteiger partial charge in [-0.3, -0.25) is 4.79 Å². The van der Waals surface area contributed by atoms with Crippen LogP contribution in [0.2, 0.25) is 0 Å². The second-order valence-corrected chi connectivity index (χ2v) is 3.27. The van der Waals surface area contributed by atoms with Crippen molar-refractivity contribution in [3.05, 3.63) is 35.4 Å². The van der Waals surface area contributed by atoms with E-state index in [0.717, 1.165) is 0 Å². The van der Waals surface area contributed by atoms with Gasteiger partial charge in [-0.25, -0.2) is 0 Å². The maximum Gasteiger partial charge on any atom is 0.152 e. The van der Waals surface area contributed by atoms with Gasteiger partial charge in [0.2, 0.25) is 0 Å². The van der Waals surface area contributed by atoms with Gasteiger partial charge in [0, 0.05) is 0 Å². The van der Waals surface area contributed by atoms with Crippen molar-refractivity contribution < 1.29 is 9.90 Å². The van der Waals surface area contributed by atoms with Gasteiger partial charge in [0.15, 0.2) is 5.78 Å². The minimum Gasteiger partial charge on any atom is -0.392 e. The smallest absolute Gasteiger partial charge is 0.152 e. The lowest BCUT2D eigenvalue weighted by Gasteiger charge is -2.09. The van der Waals surface area contributed by atoms with Crippen LogP contribution in [-0.2, 0) is 11.4 Å². The Morgan fingerprint density at radius 1 is 1.54 bits per heavy atom. The van der Waals surface area contributed by atoms with Crippen LogP contribution in [0.1, 0.15) is 23.4 Å². The second-order valence-electron chi connectivity index (χ2n) is 2.83. The van der Waals surface area contributed by atoms with Crippen LogP contribution >= 0.6 is 11.6 Å². The molecule has 1 N–H and O–H groups in total. The zero-order valence-electron chi connectivity index (χ0n) is 7.33. The monoisotopic (exact) mass is 198 g/mol. The molecule has 0 aliphatic rings. The Labute approximate surface area is 82.2 Å². The number of ketones is 1. The summed E-state index contributed by atoms with van der Waals surface area (Å²) in [5, 5.41) is 8.33. The number of hydrogen-bond acceptors (Lipinski definition) is 2. The molecule has 0 aliphatic carbocycles. The van der Waals surface area contributed by atoms with Crippen LogP contribution < -0.4 is 0 Å². The van der Waals surface area contributed by atoms with Crippen LogP contribution in [-0.4, -0.2) is 10.9 Å². The molecule has 1 atom stereocenters. The maximum absolute atomic E-state index is 11.0. The number of benzene rings is 1. The number of halogens is 1. The summed E-state index contributed by atoms with van der Waals surface area (Å²) in [6.45, 7) is 1.35. The number of carbonyl (C=O) groups excluding carboxylic acids is 1. The van der Waals surface area contributed by atoms with Gasteiger partial charge >= 0.3 is 0 Å². The highest BCUT2D eigenvalue weighted by Crippen LogP contribution is 2.24. The normalized spacial score (nSPS) is 12.5. The Bertz CT molecular complexity index is 310. The van der Waals surface area contributed by atoms with Crippen molar-refractivity contribution in [2.24, 2.45) is 0 Å². The van der Waals surface area contributed by atoms with Crippen LogP contribution in [0.5, 0.6) is 0 Å². The molecule has 0 bridgehead atoms. The van der Waals surface area contributed by atoms with Crippen LogP contribution in [0.15, 0.2) is 24.3 Å². The highest BCUT2D eigenvalue weighted by atomic mass is 35.5. The zero-order valence-corrected chi connectivity index (χ0v) is 8.08. The van der Waals surface area contributed by atoms with Crippen LogP contribution in [0.4, 0.5) is 0 Å². The number of rotatable bonds is 3. The van der Waals surface area contributed by atoms with E-state index in [0.29, 0.717) is 11.1 Å². The molecule has 1 rings (SSSR count). The third-order valence-corrected chi connectivity index (χ3v) is 2.40. The van der Waals surface area contributed by atoms with Crippen molar-refractivity contribution in [1.82, 2.24) is 0 Å². The number of alkyl halides is 1. The van der Waals surface area contributed by atoms with E-state index >= 15 is 0 Å². The molecule has 1 unspecified atom stereocenters. The molecule has 0 aliphatic heterocycles. The highest BCUT2D eigenvalue weighted by Gasteiger charge is 2.15. The lowest BCUT2D eigenvalue weighted by molar-refractivity contribution is -0.116. The first-order valence-electron chi connectivity index (χ1n) is 4.00. The predicted octanol–water partition coefficient (Wildman–Crippen LogP) is 2.05. The van der Waals surface area contributed by atoms with Crippen molar-refractivity contribution in [2.75, 3.05) is 0 Å². The molecule has 0 fully saturated rings. The average molecular weight is 199 g/mol. The molecular formula is C10H11ClO2. The summed E-state index contributed by atoms with van der Waals surface area (Å²) in [7, 11) is 0. The third-order valence-electron chi connectivity index (χ3n) is 1.86. The number of Topliss-reactive ketones (excluding diaryl/α,β-unsaturated/α-hetero) is 1. The van der Waals surface area contributed by atoms with E-state index in [1.807, 2.05) is 0 Å². The Balaban J connectivity index is 3.05. The zero-order chi connectivity index (χ0) is 9.84. The van der Waals surface area contributed by atoms with Gasteiger partial charge in [-0.05, 0) is 18.1 Å². The molecule has 2 nitrogen and oxygen atoms in total. The van der Waals surface area contributed by atoms with E-state index in [2.05, 4.69) is 0 Å². The Morgan fingerprint density at radius 2 is 2.15 bits per heavy atom. The molecule has 1 aromatic carbocycles. The van der Waals surface area contributed by atoms with E-state index < -0.39 is 5.38 Å². The Morgan fingerprint density at radius 3 is 2.69 bits per heavy atom. The van der Waals surface area contributed by atoms with E-state index in [4.69, 9.17) is 16.7 Å². The molecule has 13 heavy (non-hydrogen) atoms. The topological polar surface area (TPSA) is 37.3 Å². The fourth-order valence-corrected chi connectivity index (χ4v) is 1.36. The highest BCUT2D eigenvalue weighted by molar-refractivity contribution is 6.30. The molecule has 0 saturated heterocycles. The molecule has 0 heterocycles. The number of carbonyl (C=O) groups is 1. The minimum absolute atomic E-state index is 0.0906. The van der Waals surface area contributed by atoms with Gasteiger partial charge in [-0.2, -0.15) is 0 Å². The number of aliphatic hydroxyl groups excluding tert-OH is 1. The summed E-state index contributed by atoms with van der Waals surface area (Å²) in [6.07, 6.45) is 0. The molecule has 3 heteroatoms. The van der Waals surface area contributed by atoms with Crippen molar-refractivity contribution >= 4 is 17.4 Å². The minimum atomic E-state index is -0.650. The standard InChI is InChI=1S/C10H11ClO2/c1-7(13)10(11)9-5-3-2-4-8(9)6-12/h2-5,10,12H,6H2,1H3. The lowest BCUT2D eigenvalue weighted by Crippen LogP contribution is -2.04. The van der Waals surface area contributed by atoms with Crippen molar-refractivity contribution in [3.63, 3.8) is 0 Å². The summed E-state index contributed by atoms with van der Waals surface area (Å²) in [5.41, 5.74) is 1.40. The van der Waals surface area contributed by atoms with Gasteiger partial charge in [-0.15, -0.1) is 11.6 Å². The summed E-state index contributed by atoms with van der Waals surface area (Å²) in [5.74, 6) is -0.109. The first-order valence-corrected chi connectivity index (χ1v) is 4.43. The largest absolute Gasteiger partial charge is 0.392 e. The molecule has 0 saturated carbocycles. The molecule has 0 amide bonds. The molecule has 0 radical (unpaired) electrons. The fourth-order valence-electron chi connectivity index (χ4n) is 1.14. The molecule has 0 aromatic heterocycles. The quantitative estimate of drug-likeness (QED) is 0.755. The maximum atomic E-state index is 11.0. The lowest BCUT2D eigenvalue weighted by atomic mass is 10.0. The summed E-state index contributed by atoms with van der Waals surface area (Å²) >= 11 is 5.86. The Kier molecular flexibility index (Phi) is 3.46. The first-order chi connectivity index (χ1) is 6.16. The van der Waals surface area contributed by atoms with E-state index in [-0.39, 0.29) is 12.4 Å². The Hall–Kier alpha value is -0.860. The van der Waals surface area contributed by atoms with Gasteiger partial charge in [0.1, 0.15) is 5.38 Å². The fraction of sp³-hybridized carbons (Fsp3) is 0.300. The molecule has 1 aromatic rings. The number of aliphatic hydroxyl groups is 1. The van der Waals surface area contributed by atoms with Crippen molar-refractivity contribution in [1.29, 1.82) is 0 Å². The predicted molar refractivity (Wildman–Crippen MR) is 51.6 cm³/mol. The summed E-state index contributed by atoms with van der Waals surface area (Å²) in [4.78, 5) is 11.0. The SMILES string of the molecule is CC(=O)C(Cl)c1ccccc1CO. The van der Waals surface area contributed by atoms with Crippen LogP contribution in [0, 0.1) is 0 Å². The van der Waals surface area contributed by atoms with Crippen LogP contribution in [0.25, 0.3) is 0 Å². The van der Waals surface area contributed by atoms with E-state index in [1.54, 1.807) is 24.3 Å². The average Bonchev–Trinajstić information content (AvgIpc) is 2.16. The van der Waals surface area contributed by atoms with Gasteiger partial charge in [-0.1, -0.05) is 24.3 Å². The third kappa shape index (κ3) is 2.29. The van der Waals surface area contributed by atoms with Gasteiger partial charge < -0.3 is 5.11 Å². The van der Waals surface area contributed by atoms with E-state index in [9.17, 15) is 4.79 Å². The van der Waals surface area contributed by atoms with Crippen LogP contribution in [0.3, 0.4) is 0 Å². The summed E-state index contributed by atoms with van der Waals surface area (Å²) < 4.78 is 0. The first kappa shape index (κ1) is 10.2. The molecule has 70 valence electrons. The van der Waals surface area contributed by atoms with Gasteiger partial charge in [0.25, 0.3) is 0 Å². The molecular weight excluding hydrogens is 188 g/mol. The summed E-state index contributed by atoms with van der Waals surface area (Å²) in [6, 6.07) is 7.11. The van der Waals surface area contributed by atoms with Crippen molar-refractivity contribution in [2.45, 2.75) is 18.9 Å². The number of hydrogen-bond donors (Lipinski definition) is 1. The van der Waals surface area contributed by atoms with Gasteiger partial charge in [0.05, 0.1) is 6.61 Å². The van der Waals surface area contributed by atoms with Crippen molar-refractivity contribution in [3.8, 4) is 0 Å². The second kappa shape index (κ2) is 4.40.